The molecule has 256 valence electrons. The predicted molar refractivity (Wildman–Crippen MR) is 192 cm³/mol. The monoisotopic (exact) mass is 693 g/mol. The number of aliphatic hydroxyl groups is 1. The molecular weight excluding hydrogens is 650 g/mol. The number of aryl methyl sites for hydroxylation is 1. The van der Waals surface area contributed by atoms with E-state index in [1.165, 1.54) is 16.6 Å². The van der Waals surface area contributed by atoms with Gasteiger partial charge in [0.05, 0.1) is 24.2 Å². The fourth-order valence-corrected chi connectivity index (χ4v) is 7.46. The first-order valence-corrected chi connectivity index (χ1v) is 17.9. The molecule has 11 nitrogen and oxygen atoms in total. The van der Waals surface area contributed by atoms with Crippen LogP contribution >= 0.6 is 23.4 Å². The third kappa shape index (κ3) is 7.99. The molecule has 48 heavy (non-hydrogen) atoms. The summed E-state index contributed by atoms with van der Waals surface area (Å²) in [6.07, 6.45) is 2.10. The van der Waals surface area contributed by atoms with Crippen LogP contribution in [-0.2, 0) is 31.4 Å². The van der Waals surface area contributed by atoms with Crippen LogP contribution in [0.25, 0.3) is 22.3 Å². The van der Waals surface area contributed by atoms with Crippen molar-refractivity contribution in [1.82, 2.24) is 29.5 Å². The maximum absolute atomic E-state index is 13.6. The zero-order valence-corrected chi connectivity index (χ0v) is 29.6. The number of halogens is 1. The number of amides is 1. The largest absolute Gasteiger partial charge is 0.444 e. The Morgan fingerprint density at radius 3 is 2.44 bits per heavy atom. The van der Waals surface area contributed by atoms with Crippen LogP contribution in [0.2, 0.25) is 5.02 Å². The summed E-state index contributed by atoms with van der Waals surface area (Å²) in [4.78, 5) is 34.9. The maximum Gasteiger partial charge on any atom is 0.407 e. The van der Waals surface area contributed by atoms with Crippen LogP contribution in [0.15, 0.2) is 53.6 Å². The summed E-state index contributed by atoms with van der Waals surface area (Å²) in [5.41, 5.74) is 3.61. The Morgan fingerprint density at radius 1 is 1.06 bits per heavy atom. The highest BCUT2D eigenvalue weighted by Gasteiger charge is 2.34. The number of carbonyl (C=O) groups excluding carboxylic acids is 1. The summed E-state index contributed by atoms with van der Waals surface area (Å²) in [6, 6.07) is 14.0. The van der Waals surface area contributed by atoms with Crippen LogP contribution in [-0.4, -0.2) is 84.3 Å². The van der Waals surface area contributed by atoms with Gasteiger partial charge in [-0.25, -0.2) is 9.78 Å². The molecule has 2 N–H and O–H groups in total. The highest BCUT2D eigenvalue weighted by Crippen LogP contribution is 2.30. The van der Waals surface area contributed by atoms with Gasteiger partial charge in [0, 0.05) is 74.1 Å². The van der Waals surface area contributed by atoms with Crippen LogP contribution in [0.3, 0.4) is 0 Å². The Bertz CT molecular complexity index is 1820. The van der Waals surface area contributed by atoms with Gasteiger partial charge >= 0.3 is 6.09 Å². The van der Waals surface area contributed by atoms with Crippen molar-refractivity contribution in [3.63, 3.8) is 0 Å². The van der Waals surface area contributed by atoms with Crippen molar-refractivity contribution in [2.75, 3.05) is 42.6 Å². The molecule has 0 unspecified atom stereocenters. The number of carbonyl (C=O) groups is 1. The van der Waals surface area contributed by atoms with Crippen LogP contribution in [0.5, 0.6) is 0 Å². The Morgan fingerprint density at radius 2 is 1.77 bits per heavy atom. The summed E-state index contributed by atoms with van der Waals surface area (Å²) in [6.45, 7) is 10.1. The van der Waals surface area contributed by atoms with Crippen molar-refractivity contribution in [1.29, 1.82) is 0 Å². The molecule has 0 spiro atoms. The van der Waals surface area contributed by atoms with E-state index in [9.17, 15) is 14.7 Å². The normalized spacial score (nSPS) is 17.1. The minimum Gasteiger partial charge on any atom is -0.444 e. The number of alkyl carbamates (subject to hydrolysis) is 1. The predicted octanol–water partition coefficient (Wildman–Crippen LogP) is 5.06. The number of hydrogen-bond donors (Lipinski definition) is 2. The average Bonchev–Trinajstić information content (AvgIpc) is 3.40. The molecule has 13 heteroatoms. The second-order valence-electron chi connectivity index (χ2n) is 13.8. The van der Waals surface area contributed by atoms with Crippen molar-refractivity contribution in [2.45, 2.75) is 64.4 Å². The van der Waals surface area contributed by atoms with Crippen LogP contribution in [0.1, 0.15) is 44.7 Å². The van der Waals surface area contributed by atoms with Gasteiger partial charge in [0.2, 0.25) is 0 Å². The highest BCUT2D eigenvalue weighted by atomic mass is 35.5. The molecule has 2 aromatic carbocycles. The lowest BCUT2D eigenvalue weighted by Gasteiger charge is -2.38. The number of thioether (sulfide) groups is 1. The zero-order valence-electron chi connectivity index (χ0n) is 28.0. The van der Waals surface area contributed by atoms with E-state index in [0.29, 0.717) is 38.0 Å². The molecule has 0 bridgehead atoms. The van der Waals surface area contributed by atoms with E-state index in [2.05, 4.69) is 43.4 Å². The van der Waals surface area contributed by atoms with Crippen LogP contribution in [0, 0.1) is 0 Å². The lowest BCUT2D eigenvalue weighted by molar-refractivity contribution is -0.0364. The lowest BCUT2D eigenvalue weighted by atomic mass is 9.91. The molecule has 2 aliphatic rings. The Labute approximate surface area is 290 Å². The van der Waals surface area contributed by atoms with E-state index in [0.717, 1.165) is 58.5 Å². The van der Waals surface area contributed by atoms with Gasteiger partial charge in [-0.1, -0.05) is 41.9 Å². The van der Waals surface area contributed by atoms with Crippen molar-refractivity contribution < 1.29 is 14.6 Å². The quantitative estimate of drug-likeness (QED) is 0.261. The number of ether oxygens (including phenoxy) is 1. The number of nitrogens with one attached hydrogen (secondary N) is 1. The zero-order chi connectivity index (χ0) is 34.1. The van der Waals surface area contributed by atoms with E-state index in [-0.39, 0.29) is 17.6 Å². The Hall–Kier alpha value is -3.58. The fraction of sp³-hybridized carbons (Fsp3) is 0.486. The van der Waals surface area contributed by atoms with Crippen molar-refractivity contribution in [3.05, 3.63) is 75.3 Å². The molecule has 1 amide bonds. The Balaban J connectivity index is 1.08. The molecule has 4 aromatic rings. The van der Waals surface area contributed by atoms with E-state index < -0.39 is 17.3 Å². The van der Waals surface area contributed by atoms with Crippen LogP contribution < -0.4 is 15.8 Å². The number of aromatic nitrogens is 4. The minimum atomic E-state index is -1.03. The third-order valence-electron chi connectivity index (χ3n) is 8.93. The lowest BCUT2D eigenvalue weighted by Crippen LogP contribution is -2.47. The third-order valence-corrected chi connectivity index (χ3v) is 10.2. The maximum atomic E-state index is 13.6. The number of anilines is 1. The van der Waals surface area contributed by atoms with E-state index in [4.69, 9.17) is 16.3 Å². The molecule has 2 saturated heterocycles. The van der Waals surface area contributed by atoms with E-state index in [1.54, 1.807) is 11.7 Å². The van der Waals surface area contributed by atoms with Gasteiger partial charge in [0.1, 0.15) is 11.1 Å². The molecule has 2 aliphatic heterocycles. The topological polar surface area (TPSA) is 118 Å². The molecule has 0 saturated carbocycles. The standard InChI is InChI=1S/C35H44ClN7O4S/c1-34(2,3)47-33(45)37-20-24-5-7-25(8-6-24)31-29-30(39-40(31)4)32(44)43(23-38-29)22-35(46)11-13-41(14-12-35)21-26-9-10-27(19-28(26)36)42-15-17-48-18-16-42/h5-10,19,23,46H,11-18,20-22H2,1-4H3,(H,37,45). The SMILES string of the molecule is Cn1nc2c(=O)n(CC3(O)CCN(Cc4ccc(N5CCSCC5)cc4Cl)CC3)cnc2c1-c1ccc(CNC(=O)OC(C)(C)C)cc1. The molecule has 0 aliphatic carbocycles. The second kappa shape index (κ2) is 14.1. The van der Waals surface area contributed by atoms with Crippen LogP contribution in [0.4, 0.5) is 10.5 Å². The average molecular weight is 694 g/mol. The summed E-state index contributed by atoms with van der Waals surface area (Å²) >= 11 is 8.71. The number of piperidine rings is 1. The van der Waals surface area contributed by atoms with Gasteiger partial charge in [-0.05, 0) is 56.9 Å². The Kier molecular flexibility index (Phi) is 10.1. The van der Waals surface area contributed by atoms with Gasteiger partial charge in [-0.15, -0.1) is 0 Å². The van der Waals surface area contributed by atoms with E-state index >= 15 is 0 Å². The highest BCUT2D eigenvalue weighted by molar-refractivity contribution is 7.99. The summed E-state index contributed by atoms with van der Waals surface area (Å²) in [7, 11) is 1.79. The number of rotatable bonds is 8. The summed E-state index contributed by atoms with van der Waals surface area (Å²) < 4.78 is 8.45. The first kappa shape index (κ1) is 34.3. The summed E-state index contributed by atoms with van der Waals surface area (Å²) in [5.74, 6) is 2.28. The number of nitrogens with zero attached hydrogens (tertiary/aromatic N) is 6. The first-order chi connectivity index (χ1) is 22.9. The smallest absolute Gasteiger partial charge is 0.407 e. The first-order valence-electron chi connectivity index (χ1n) is 16.4. The van der Waals surface area contributed by atoms with Gasteiger partial charge in [-0.3, -0.25) is 18.9 Å². The van der Waals surface area contributed by atoms with Gasteiger partial charge in [0.25, 0.3) is 5.56 Å². The van der Waals surface area contributed by atoms with Crippen molar-refractivity contribution in [2.24, 2.45) is 7.05 Å². The molecule has 0 radical (unpaired) electrons. The summed E-state index contributed by atoms with van der Waals surface area (Å²) in [5, 5.41) is 19.6. The molecule has 6 rings (SSSR count). The number of fused-ring (bicyclic) bond motifs is 1. The van der Waals surface area contributed by atoms with Crippen molar-refractivity contribution in [3.8, 4) is 11.3 Å². The molecule has 4 heterocycles. The number of benzene rings is 2. The van der Waals surface area contributed by atoms with Gasteiger partial charge in [0.15, 0.2) is 5.52 Å². The minimum absolute atomic E-state index is 0.150. The van der Waals surface area contributed by atoms with E-state index in [1.807, 2.05) is 56.8 Å². The second-order valence-corrected chi connectivity index (χ2v) is 15.4. The number of hydrogen-bond acceptors (Lipinski definition) is 9. The number of likely N-dealkylation sites (tertiary alicyclic amines) is 1. The van der Waals surface area contributed by atoms with Crippen molar-refractivity contribution >= 4 is 46.2 Å². The molecule has 2 aromatic heterocycles. The molecular formula is C35H44ClN7O4S. The molecule has 2 fully saturated rings. The molecule has 0 atom stereocenters. The van der Waals surface area contributed by atoms with Gasteiger partial charge < -0.3 is 20.1 Å². The van der Waals surface area contributed by atoms with Gasteiger partial charge in [-0.2, -0.15) is 16.9 Å². The fourth-order valence-electron chi connectivity index (χ4n) is 6.33.